The summed E-state index contributed by atoms with van der Waals surface area (Å²) in [7, 11) is 1.22. The summed E-state index contributed by atoms with van der Waals surface area (Å²) in [6.45, 7) is 6.16. The van der Waals surface area contributed by atoms with Gasteiger partial charge in [-0.05, 0) is 32.4 Å². The Morgan fingerprint density at radius 3 is 2.57 bits per heavy atom. The summed E-state index contributed by atoms with van der Waals surface area (Å²) < 4.78 is 9.54. The number of nitrogens with one attached hydrogen (secondary N) is 1. The first-order valence-corrected chi connectivity index (χ1v) is 6.45. The van der Waals surface area contributed by atoms with E-state index in [0.717, 1.165) is 5.56 Å². The van der Waals surface area contributed by atoms with Gasteiger partial charge in [-0.1, -0.05) is 6.07 Å². The van der Waals surface area contributed by atoms with E-state index in [1.807, 2.05) is 20.8 Å². The number of carbonyl (C=O) groups excluding carboxylic acids is 1. The molecular formula is C14H20N2O5. The van der Waals surface area contributed by atoms with Crippen molar-refractivity contribution in [2.45, 2.75) is 32.9 Å². The number of hydrogen-bond acceptors (Lipinski definition) is 6. The maximum absolute atomic E-state index is 11.1. The van der Waals surface area contributed by atoms with Crippen LogP contribution in [0, 0.1) is 10.1 Å². The summed E-state index contributed by atoms with van der Waals surface area (Å²) >= 11 is 0. The third-order valence-electron chi connectivity index (χ3n) is 2.62. The molecule has 1 N–H and O–H groups in total. The predicted octanol–water partition coefficient (Wildman–Crippen LogP) is 2.03. The molecule has 0 saturated carbocycles. The van der Waals surface area contributed by atoms with Gasteiger partial charge in [0.05, 0.1) is 12.0 Å². The second-order valence-electron chi connectivity index (χ2n) is 5.53. The van der Waals surface area contributed by atoms with Crippen LogP contribution < -0.4 is 10.1 Å². The molecular weight excluding hydrogens is 276 g/mol. The van der Waals surface area contributed by atoms with Gasteiger partial charge >= 0.3 is 11.7 Å². The van der Waals surface area contributed by atoms with Gasteiger partial charge in [0.2, 0.25) is 0 Å². The third-order valence-corrected chi connectivity index (χ3v) is 2.62. The fourth-order valence-electron chi connectivity index (χ4n) is 1.50. The van der Waals surface area contributed by atoms with Crippen molar-refractivity contribution in [3.8, 4) is 5.75 Å². The zero-order chi connectivity index (χ0) is 16.0. The topological polar surface area (TPSA) is 90.7 Å². The highest BCUT2D eigenvalue weighted by atomic mass is 16.6. The Labute approximate surface area is 123 Å². The molecule has 0 aliphatic carbocycles. The van der Waals surface area contributed by atoms with E-state index >= 15 is 0 Å². The second-order valence-corrected chi connectivity index (χ2v) is 5.53. The van der Waals surface area contributed by atoms with Crippen LogP contribution in [0.2, 0.25) is 0 Å². The number of hydrogen-bond donors (Lipinski definition) is 1. The van der Waals surface area contributed by atoms with E-state index in [1.165, 1.54) is 19.2 Å². The average Bonchev–Trinajstić information content (AvgIpc) is 2.41. The van der Waals surface area contributed by atoms with Crippen LogP contribution in [0.25, 0.3) is 0 Å². The van der Waals surface area contributed by atoms with E-state index in [-0.39, 0.29) is 23.6 Å². The van der Waals surface area contributed by atoms with Gasteiger partial charge in [0, 0.05) is 18.2 Å². The lowest BCUT2D eigenvalue weighted by molar-refractivity contribution is -0.385. The van der Waals surface area contributed by atoms with Crippen molar-refractivity contribution in [1.82, 2.24) is 5.32 Å². The van der Waals surface area contributed by atoms with Gasteiger partial charge in [-0.25, -0.2) is 4.79 Å². The summed E-state index contributed by atoms with van der Waals surface area (Å²) in [6.07, 6.45) is 0. The number of nitrogens with zero attached hydrogens (tertiary/aromatic N) is 1. The molecule has 0 bridgehead atoms. The van der Waals surface area contributed by atoms with E-state index < -0.39 is 10.9 Å². The number of nitro groups is 1. The van der Waals surface area contributed by atoms with Crippen LogP contribution in [0.3, 0.4) is 0 Å². The molecule has 0 saturated heterocycles. The molecule has 1 aromatic carbocycles. The van der Waals surface area contributed by atoms with E-state index in [9.17, 15) is 14.9 Å². The van der Waals surface area contributed by atoms with Crippen molar-refractivity contribution >= 4 is 11.7 Å². The third kappa shape index (κ3) is 5.78. The smallest absolute Gasteiger partial charge is 0.343 e. The van der Waals surface area contributed by atoms with E-state index in [0.29, 0.717) is 6.54 Å². The van der Waals surface area contributed by atoms with Crippen LogP contribution >= 0.6 is 0 Å². The molecule has 0 aromatic heterocycles. The van der Waals surface area contributed by atoms with Crippen LogP contribution in [0.15, 0.2) is 18.2 Å². The lowest BCUT2D eigenvalue weighted by atomic mass is 10.1. The van der Waals surface area contributed by atoms with Crippen LogP contribution in [0.5, 0.6) is 5.75 Å². The van der Waals surface area contributed by atoms with Crippen molar-refractivity contribution in [3.05, 3.63) is 33.9 Å². The lowest BCUT2D eigenvalue weighted by Crippen LogP contribution is -2.35. The molecule has 21 heavy (non-hydrogen) atoms. The minimum atomic E-state index is -0.595. The Morgan fingerprint density at radius 2 is 2.05 bits per heavy atom. The van der Waals surface area contributed by atoms with Crippen molar-refractivity contribution in [3.63, 3.8) is 0 Å². The molecule has 0 amide bonds. The molecule has 0 atom stereocenters. The summed E-state index contributed by atoms with van der Waals surface area (Å²) in [5.74, 6) is -0.548. The lowest BCUT2D eigenvalue weighted by Gasteiger charge is -2.20. The quantitative estimate of drug-likeness (QED) is 0.491. The number of ether oxygens (including phenoxy) is 2. The SMILES string of the molecule is COC(=O)COc1ccc(CNC(C)(C)C)cc1[N+](=O)[O-]. The molecule has 7 heteroatoms. The van der Waals surface area contributed by atoms with Gasteiger partial charge in [0.1, 0.15) is 0 Å². The predicted molar refractivity (Wildman–Crippen MR) is 77.2 cm³/mol. The van der Waals surface area contributed by atoms with Crippen molar-refractivity contribution in [1.29, 1.82) is 0 Å². The molecule has 0 spiro atoms. The van der Waals surface area contributed by atoms with E-state index in [2.05, 4.69) is 10.1 Å². The van der Waals surface area contributed by atoms with Crippen LogP contribution in [0.1, 0.15) is 26.3 Å². The summed E-state index contributed by atoms with van der Waals surface area (Å²) in [5, 5.41) is 14.3. The molecule has 0 unspecified atom stereocenters. The summed E-state index contributed by atoms with van der Waals surface area (Å²) in [4.78, 5) is 21.6. The number of nitro benzene ring substituents is 1. The normalized spacial score (nSPS) is 11.0. The fraction of sp³-hybridized carbons (Fsp3) is 0.500. The minimum Gasteiger partial charge on any atom is -0.475 e. The first-order valence-electron chi connectivity index (χ1n) is 6.45. The minimum absolute atomic E-state index is 0.0462. The highest BCUT2D eigenvalue weighted by Crippen LogP contribution is 2.28. The zero-order valence-corrected chi connectivity index (χ0v) is 12.6. The fourth-order valence-corrected chi connectivity index (χ4v) is 1.50. The van der Waals surface area contributed by atoms with E-state index in [4.69, 9.17) is 4.74 Å². The Balaban J connectivity index is 2.86. The Morgan fingerprint density at radius 1 is 1.38 bits per heavy atom. The molecule has 1 aromatic rings. The Kier molecular flexibility index (Phi) is 5.66. The molecule has 1 rings (SSSR count). The number of esters is 1. The summed E-state index contributed by atoms with van der Waals surface area (Å²) in [5.41, 5.74) is 0.503. The van der Waals surface area contributed by atoms with E-state index in [1.54, 1.807) is 6.07 Å². The van der Waals surface area contributed by atoms with Gasteiger partial charge in [-0.15, -0.1) is 0 Å². The van der Waals surface area contributed by atoms with Gasteiger partial charge in [-0.3, -0.25) is 10.1 Å². The summed E-state index contributed by atoms with van der Waals surface area (Å²) in [6, 6.07) is 4.64. The first kappa shape index (κ1) is 16.9. The molecule has 0 aliphatic rings. The molecule has 0 heterocycles. The highest BCUT2D eigenvalue weighted by Gasteiger charge is 2.18. The second kappa shape index (κ2) is 7.03. The highest BCUT2D eigenvalue weighted by molar-refractivity contribution is 5.71. The standard InChI is InChI=1S/C14H20N2O5/c1-14(2,3)15-8-10-5-6-12(11(7-10)16(18)19)21-9-13(17)20-4/h5-7,15H,8-9H2,1-4H3. The van der Waals surface area contributed by atoms with Gasteiger partial charge in [0.15, 0.2) is 12.4 Å². The van der Waals surface area contributed by atoms with Crippen LogP contribution in [-0.2, 0) is 16.1 Å². The van der Waals surface area contributed by atoms with Crippen molar-refractivity contribution in [2.75, 3.05) is 13.7 Å². The molecule has 0 radical (unpaired) electrons. The number of methoxy groups -OCH3 is 1. The molecule has 7 nitrogen and oxygen atoms in total. The average molecular weight is 296 g/mol. The number of carbonyl (C=O) groups is 1. The Bertz CT molecular complexity index is 523. The number of rotatable bonds is 6. The molecule has 116 valence electrons. The zero-order valence-electron chi connectivity index (χ0n) is 12.6. The van der Waals surface area contributed by atoms with Crippen LogP contribution in [0.4, 0.5) is 5.69 Å². The largest absolute Gasteiger partial charge is 0.475 e. The Hall–Kier alpha value is -2.15. The van der Waals surface area contributed by atoms with Crippen LogP contribution in [-0.4, -0.2) is 30.1 Å². The van der Waals surface area contributed by atoms with Gasteiger partial charge < -0.3 is 14.8 Å². The first-order chi connectivity index (χ1) is 9.73. The van der Waals surface area contributed by atoms with Crippen molar-refractivity contribution < 1.29 is 19.2 Å². The monoisotopic (exact) mass is 296 g/mol. The maximum Gasteiger partial charge on any atom is 0.343 e. The van der Waals surface area contributed by atoms with Crippen molar-refractivity contribution in [2.24, 2.45) is 0 Å². The molecule has 0 fully saturated rings. The maximum atomic E-state index is 11.1. The van der Waals surface area contributed by atoms with Gasteiger partial charge in [0.25, 0.3) is 0 Å². The van der Waals surface area contributed by atoms with Gasteiger partial charge in [-0.2, -0.15) is 0 Å². The number of benzene rings is 1. The molecule has 0 aliphatic heterocycles.